The van der Waals surface area contributed by atoms with E-state index < -0.39 is 11.9 Å². The van der Waals surface area contributed by atoms with E-state index in [0.29, 0.717) is 37.6 Å². The number of hydrogen-bond acceptors (Lipinski definition) is 4. The molecule has 144 valence electrons. The molecule has 6 nitrogen and oxygen atoms in total. The number of nitrogens with one attached hydrogen (secondary N) is 1. The third-order valence-corrected chi connectivity index (χ3v) is 4.82. The molecule has 1 fully saturated rings. The Morgan fingerprint density at radius 2 is 1.81 bits per heavy atom. The Bertz CT molecular complexity index is 631. The van der Waals surface area contributed by atoms with Crippen LogP contribution in [0.4, 0.5) is 0 Å². The van der Waals surface area contributed by atoms with Gasteiger partial charge in [-0.25, -0.2) is 0 Å². The predicted octanol–water partition coefficient (Wildman–Crippen LogP) is 3.55. The molecule has 3 unspecified atom stereocenters. The maximum absolute atomic E-state index is 12.6. The first kappa shape index (κ1) is 20.1. The summed E-state index contributed by atoms with van der Waals surface area (Å²) in [7, 11) is 0. The summed E-state index contributed by atoms with van der Waals surface area (Å²) in [5.41, 5.74) is 0.927. The lowest BCUT2D eigenvalue weighted by molar-refractivity contribution is -0.144. The largest absolute Gasteiger partial charge is 0.490 e. The van der Waals surface area contributed by atoms with E-state index >= 15 is 0 Å². The van der Waals surface area contributed by atoms with Crippen molar-refractivity contribution in [2.24, 2.45) is 11.8 Å². The first-order valence-corrected chi connectivity index (χ1v) is 9.38. The van der Waals surface area contributed by atoms with Crippen LogP contribution in [0.15, 0.2) is 18.2 Å². The summed E-state index contributed by atoms with van der Waals surface area (Å²) in [6.45, 7) is 6.83. The number of rotatable bonds is 8. The van der Waals surface area contributed by atoms with E-state index in [2.05, 4.69) is 5.32 Å². The Hall–Kier alpha value is -2.24. The van der Waals surface area contributed by atoms with Crippen LogP contribution in [0.2, 0.25) is 0 Å². The normalized spacial score (nSPS) is 20.9. The molecule has 26 heavy (non-hydrogen) atoms. The quantitative estimate of drug-likeness (QED) is 0.738. The molecule has 0 bridgehead atoms. The summed E-state index contributed by atoms with van der Waals surface area (Å²) in [5.74, 6) is -0.172. The van der Waals surface area contributed by atoms with Crippen molar-refractivity contribution in [2.45, 2.75) is 52.5 Å². The van der Waals surface area contributed by atoms with Crippen molar-refractivity contribution in [3.63, 3.8) is 0 Å². The molecule has 2 N–H and O–H groups in total. The van der Waals surface area contributed by atoms with Gasteiger partial charge in [-0.3, -0.25) is 9.59 Å². The topological polar surface area (TPSA) is 84.9 Å². The molecule has 1 aliphatic rings. The van der Waals surface area contributed by atoms with E-state index in [0.717, 1.165) is 18.4 Å². The van der Waals surface area contributed by atoms with Crippen LogP contribution in [0.5, 0.6) is 11.5 Å². The minimum atomic E-state index is -0.802. The van der Waals surface area contributed by atoms with Crippen molar-refractivity contribution >= 4 is 11.9 Å². The third kappa shape index (κ3) is 5.13. The van der Waals surface area contributed by atoms with Gasteiger partial charge in [0.1, 0.15) is 0 Å². The standard InChI is InChI=1S/C20H29NO5/c1-4-25-17-10-9-14(12-18(17)26-5-2)13(3)21-19(22)15-7-6-8-16(11-15)20(23)24/h9-10,12-13,15-16H,4-8,11H2,1-3H3,(H,21,22)(H,23,24). The van der Waals surface area contributed by atoms with E-state index in [-0.39, 0.29) is 17.9 Å². The second-order valence-corrected chi connectivity index (χ2v) is 6.70. The molecule has 0 heterocycles. The average Bonchev–Trinajstić information content (AvgIpc) is 2.63. The number of hydrogen-bond donors (Lipinski definition) is 2. The number of ether oxygens (including phenoxy) is 2. The van der Waals surface area contributed by atoms with Gasteiger partial charge in [-0.15, -0.1) is 0 Å². The molecule has 0 spiro atoms. The van der Waals surface area contributed by atoms with Gasteiger partial charge in [0.25, 0.3) is 0 Å². The number of benzene rings is 1. The van der Waals surface area contributed by atoms with Crippen molar-refractivity contribution in [2.75, 3.05) is 13.2 Å². The molecule has 0 radical (unpaired) electrons. The summed E-state index contributed by atoms with van der Waals surface area (Å²) >= 11 is 0. The van der Waals surface area contributed by atoms with Crippen molar-refractivity contribution in [3.8, 4) is 11.5 Å². The molecule has 6 heteroatoms. The number of amides is 1. The third-order valence-electron chi connectivity index (χ3n) is 4.82. The molecule has 1 saturated carbocycles. The van der Waals surface area contributed by atoms with Crippen molar-refractivity contribution in [1.82, 2.24) is 5.32 Å². The zero-order chi connectivity index (χ0) is 19.1. The van der Waals surface area contributed by atoms with Gasteiger partial charge >= 0.3 is 5.97 Å². The highest BCUT2D eigenvalue weighted by atomic mass is 16.5. The van der Waals surface area contributed by atoms with Gasteiger partial charge in [-0.1, -0.05) is 12.5 Å². The molecule has 0 aliphatic heterocycles. The molecular formula is C20H29NO5. The van der Waals surface area contributed by atoms with Gasteiger partial charge in [0.15, 0.2) is 11.5 Å². The summed E-state index contributed by atoms with van der Waals surface area (Å²) in [6.07, 6.45) is 2.60. The Labute approximate surface area is 154 Å². The highest BCUT2D eigenvalue weighted by molar-refractivity contribution is 5.80. The van der Waals surface area contributed by atoms with Gasteiger partial charge in [0, 0.05) is 5.92 Å². The highest BCUT2D eigenvalue weighted by Crippen LogP contribution is 2.32. The zero-order valence-corrected chi connectivity index (χ0v) is 15.8. The molecule has 0 aromatic heterocycles. The summed E-state index contributed by atoms with van der Waals surface area (Å²) in [4.78, 5) is 23.8. The van der Waals surface area contributed by atoms with E-state index in [9.17, 15) is 14.7 Å². The van der Waals surface area contributed by atoms with Gasteiger partial charge in [-0.2, -0.15) is 0 Å². The second kappa shape index (κ2) is 9.46. The van der Waals surface area contributed by atoms with Crippen LogP contribution in [-0.4, -0.2) is 30.2 Å². The first-order chi connectivity index (χ1) is 12.5. The molecule has 3 atom stereocenters. The summed E-state index contributed by atoms with van der Waals surface area (Å²) in [6, 6.07) is 5.47. The van der Waals surface area contributed by atoms with Gasteiger partial charge in [-0.05, 0) is 57.7 Å². The van der Waals surface area contributed by atoms with E-state index in [1.165, 1.54) is 0 Å². The number of aliphatic carboxylic acids is 1. The number of carboxylic acid groups (broad SMARTS) is 1. The molecular weight excluding hydrogens is 334 g/mol. The lowest BCUT2D eigenvalue weighted by Crippen LogP contribution is -2.36. The number of carbonyl (C=O) groups is 2. The van der Waals surface area contributed by atoms with E-state index in [4.69, 9.17) is 9.47 Å². The number of carboxylic acids is 1. The molecule has 1 aliphatic carbocycles. The average molecular weight is 363 g/mol. The van der Waals surface area contributed by atoms with E-state index in [1.807, 2.05) is 39.0 Å². The fourth-order valence-electron chi connectivity index (χ4n) is 3.40. The highest BCUT2D eigenvalue weighted by Gasteiger charge is 2.31. The Balaban J connectivity index is 2.04. The lowest BCUT2D eigenvalue weighted by atomic mass is 9.81. The van der Waals surface area contributed by atoms with Crippen LogP contribution in [0.1, 0.15) is 58.1 Å². The molecule has 1 aromatic rings. The van der Waals surface area contributed by atoms with Gasteiger partial charge < -0.3 is 19.9 Å². The lowest BCUT2D eigenvalue weighted by Gasteiger charge is -2.27. The minimum absolute atomic E-state index is 0.0738. The van der Waals surface area contributed by atoms with E-state index in [1.54, 1.807) is 0 Å². The van der Waals surface area contributed by atoms with Crippen molar-refractivity contribution in [3.05, 3.63) is 23.8 Å². The van der Waals surface area contributed by atoms with Crippen LogP contribution in [0.3, 0.4) is 0 Å². The minimum Gasteiger partial charge on any atom is -0.490 e. The monoisotopic (exact) mass is 363 g/mol. The van der Waals surface area contributed by atoms with Crippen molar-refractivity contribution < 1.29 is 24.2 Å². The van der Waals surface area contributed by atoms with Crippen LogP contribution in [-0.2, 0) is 9.59 Å². The molecule has 0 saturated heterocycles. The van der Waals surface area contributed by atoms with Crippen LogP contribution in [0, 0.1) is 11.8 Å². The number of carbonyl (C=O) groups excluding carboxylic acids is 1. The van der Waals surface area contributed by atoms with Crippen molar-refractivity contribution in [1.29, 1.82) is 0 Å². The maximum atomic E-state index is 12.6. The molecule has 2 rings (SSSR count). The summed E-state index contributed by atoms with van der Waals surface area (Å²) in [5, 5.41) is 12.2. The predicted molar refractivity (Wildman–Crippen MR) is 98.4 cm³/mol. The van der Waals surface area contributed by atoms with Crippen LogP contribution >= 0.6 is 0 Å². The fourth-order valence-corrected chi connectivity index (χ4v) is 3.40. The smallest absolute Gasteiger partial charge is 0.306 e. The molecule has 1 aromatic carbocycles. The first-order valence-electron chi connectivity index (χ1n) is 9.38. The van der Waals surface area contributed by atoms with Crippen LogP contribution in [0.25, 0.3) is 0 Å². The Morgan fingerprint density at radius 1 is 1.15 bits per heavy atom. The van der Waals surface area contributed by atoms with Gasteiger partial charge in [0.05, 0.1) is 25.2 Å². The Morgan fingerprint density at radius 3 is 2.46 bits per heavy atom. The maximum Gasteiger partial charge on any atom is 0.306 e. The Kier molecular flexibility index (Phi) is 7.30. The zero-order valence-electron chi connectivity index (χ0n) is 15.8. The SMILES string of the molecule is CCOc1ccc(C(C)NC(=O)C2CCCC(C(=O)O)C2)cc1OCC. The van der Waals surface area contributed by atoms with Gasteiger partial charge in [0.2, 0.25) is 5.91 Å². The summed E-state index contributed by atoms with van der Waals surface area (Å²) < 4.78 is 11.2. The second-order valence-electron chi connectivity index (χ2n) is 6.70. The van der Waals surface area contributed by atoms with Crippen LogP contribution < -0.4 is 14.8 Å². The molecule has 1 amide bonds. The fraction of sp³-hybridized carbons (Fsp3) is 0.600.